The van der Waals surface area contributed by atoms with Crippen molar-refractivity contribution in [3.8, 4) is 0 Å². The highest BCUT2D eigenvalue weighted by Gasteiger charge is 2.33. The third-order valence-corrected chi connectivity index (χ3v) is 9.19. The average molecular weight is 303 g/mol. The smallest absolute Gasteiger partial charge is 0.199 e. The van der Waals surface area contributed by atoms with Crippen molar-refractivity contribution in [2.45, 2.75) is 14.9 Å². The summed E-state index contributed by atoms with van der Waals surface area (Å²) >= 11 is 3.07. The first-order chi connectivity index (χ1) is 8.51. The third kappa shape index (κ3) is 3.04. The molecular weight excluding hydrogens is 286 g/mol. The summed E-state index contributed by atoms with van der Waals surface area (Å²) in [5, 5.41) is 0. The van der Waals surface area contributed by atoms with Gasteiger partial charge >= 0.3 is 0 Å². The maximum absolute atomic E-state index is 12.4. The molecule has 3 nitrogen and oxygen atoms in total. The van der Waals surface area contributed by atoms with Crippen LogP contribution in [-0.2, 0) is 9.84 Å². The molecule has 0 bridgehead atoms. The zero-order valence-electron chi connectivity index (χ0n) is 10.4. The molecule has 0 saturated carbocycles. The summed E-state index contributed by atoms with van der Waals surface area (Å²) in [6.45, 7) is 0. The number of hydrogen-bond acceptors (Lipinski definition) is 5. The van der Waals surface area contributed by atoms with E-state index in [1.807, 2.05) is 20.2 Å². The van der Waals surface area contributed by atoms with Crippen molar-refractivity contribution in [2.75, 3.05) is 25.6 Å². The quantitative estimate of drug-likeness (QED) is 0.855. The van der Waals surface area contributed by atoms with Gasteiger partial charge in [-0.15, -0.1) is 23.5 Å². The first-order valence-electron chi connectivity index (χ1n) is 5.70. The fourth-order valence-corrected chi connectivity index (χ4v) is 7.60. The monoisotopic (exact) mass is 303 g/mol. The lowest BCUT2D eigenvalue weighted by atomic mass is 10.4. The van der Waals surface area contributed by atoms with Gasteiger partial charge in [0.25, 0.3) is 0 Å². The molecule has 0 aromatic heterocycles. The molecule has 2 rings (SSSR count). The van der Waals surface area contributed by atoms with Crippen molar-refractivity contribution >= 4 is 33.4 Å². The fourth-order valence-electron chi connectivity index (χ4n) is 1.67. The molecule has 0 atom stereocenters. The van der Waals surface area contributed by atoms with Crippen molar-refractivity contribution < 1.29 is 8.42 Å². The lowest BCUT2D eigenvalue weighted by molar-refractivity contribution is 0.344. The lowest BCUT2D eigenvalue weighted by Gasteiger charge is -2.31. The Bertz CT molecular complexity index is 479. The summed E-state index contributed by atoms with van der Waals surface area (Å²) < 4.78 is 24.5. The van der Waals surface area contributed by atoms with E-state index in [1.54, 1.807) is 24.3 Å². The molecule has 1 aromatic rings. The van der Waals surface area contributed by atoms with E-state index in [1.165, 1.54) is 23.5 Å². The molecule has 1 fully saturated rings. The molecule has 0 aliphatic carbocycles. The number of nitrogens with zero attached hydrogens (tertiary/aromatic N) is 1. The van der Waals surface area contributed by atoms with Gasteiger partial charge in [0.05, 0.1) is 4.90 Å². The van der Waals surface area contributed by atoms with Crippen LogP contribution in [0.3, 0.4) is 0 Å². The van der Waals surface area contributed by atoms with Gasteiger partial charge in [0.2, 0.25) is 0 Å². The van der Waals surface area contributed by atoms with E-state index in [4.69, 9.17) is 0 Å². The number of benzene rings is 1. The average Bonchev–Trinajstić information content (AvgIpc) is 2.40. The summed E-state index contributed by atoms with van der Waals surface area (Å²) in [4.78, 5) is 2.59. The van der Waals surface area contributed by atoms with E-state index in [2.05, 4.69) is 4.90 Å². The Balaban J connectivity index is 2.10. The molecule has 1 saturated heterocycles. The summed E-state index contributed by atoms with van der Waals surface area (Å²) in [5.74, 6) is 1.74. The second-order valence-electron chi connectivity index (χ2n) is 4.43. The molecule has 0 amide bonds. The van der Waals surface area contributed by atoms with Crippen LogP contribution >= 0.6 is 23.5 Å². The van der Waals surface area contributed by atoms with Crippen molar-refractivity contribution in [1.82, 2.24) is 4.90 Å². The van der Waals surface area contributed by atoms with Gasteiger partial charge in [0.1, 0.15) is 0 Å². The van der Waals surface area contributed by atoms with E-state index in [9.17, 15) is 8.42 Å². The minimum atomic E-state index is -3.20. The Morgan fingerprint density at radius 2 is 1.67 bits per heavy atom. The highest BCUT2D eigenvalue weighted by atomic mass is 32.3. The maximum Gasteiger partial charge on any atom is 0.199 e. The molecule has 100 valence electrons. The van der Waals surface area contributed by atoms with E-state index < -0.39 is 9.84 Å². The van der Waals surface area contributed by atoms with Gasteiger partial charge < -0.3 is 4.90 Å². The van der Waals surface area contributed by atoms with Crippen LogP contribution in [0.15, 0.2) is 35.2 Å². The van der Waals surface area contributed by atoms with Crippen LogP contribution in [-0.4, -0.2) is 48.9 Å². The number of hydrogen-bond donors (Lipinski definition) is 0. The van der Waals surface area contributed by atoms with E-state index in [0.717, 1.165) is 11.5 Å². The molecule has 0 N–H and O–H groups in total. The van der Waals surface area contributed by atoms with Crippen LogP contribution < -0.4 is 0 Å². The van der Waals surface area contributed by atoms with Gasteiger partial charge in [-0.25, -0.2) is 8.42 Å². The van der Waals surface area contributed by atoms with Crippen molar-refractivity contribution in [2.24, 2.45) is 0 Å². The molecule has 1 heterocycles. The lowest BCUT2D eigenvalue weighted by Crippen LogP contribution is -2.37. The Morgan fingerprint density at radius 1 is 1.11 bits per heavy atom. The Hall–Kier alpha value is -0.170. The predicted molar refractivity (Wildman–Crippen MR) is 79.8 cm³/mol. The number of sulfone groups is 1. The SMILES string of the molecule is CN(C)C1CSC(S(=O)(=O)c2ccccc2)SC1. The summed E-state index contributed by atoms with van der Waals surface area (Å²) in [6, 6.07) is 9.19. The molecular formula is C12H17NO2S3. The molecule has 6 heteroatoms. The first-order valence-corrected chi connectivity index (χ1v) is 9.35. The van der Waals surface area contributed by atoms with Crippen molar-refractivity contribution in [3.63, 3.8) is 0 Å². The summed E-state index contributed by atoms with van der Waals surface area (Å²) in [6.07, 6.45) is 0. The van der Waals surface area contributed by atoms with Crippen LogP contribution in [0.2, 0.25) is 0 Å². The molecule has 1 aromatic carbocycles. The topological polar surface area (TPSA) is 37.4 Å². The van der Waals surface area contributed by atoms with Crippen LogP contribution in [0.4, 0.5) is 0 Å². The maximum atomic E-state index is 12.4. The third-order valence-electron chi connectivity index (χ3n) is 2.90. The highest BCUT2D eigenvalue weighted by molar-refractivity contribution is 8.30. The molecule has 0 radical (unpaired) electrons. The van der Waals surface area contributed by atoms with Crippen LogP contribution in [0.25, 0.3) is 0 Å². The van der Waals surface area contributed by atoms with E-state index in [0.29, 0.717) is 10.9 Å². The van der Waals surface area contributed by atoms with Gasteiger partial charge in [0, 0.05) is 17.5 Å². The Kier molecular flexibility index (Phi) is 4.64. The molecule has 18 heavy (non-hydrogen) atoms. The largest absolute Gasteiger partial charge is 0.305 e. The van der Waals surface area contributed by atoms with Crippen molar-refractivity contribution in [1.29, 1.82) is 0 Å². The molecule has 1 aliphatic rings. The standard InChI is InChI=1S/C12H17NO2S3/c1-13(2)10-8-16-12(17-9-10)18(14,15)11-6-4-3-5-7-11/h3-7,10,12H,8-9H2,1-2H3. The second kappa shape index (κ2) is 5.86. The summed E-state index contributed by atoms with van der Waals surface area (Å²) in [5.41, 5.74) is 0. The molecule has 0 spiro atoms. The predicted octanol–water partition coefficient (Wildman–Crippen LogP) is 2.15. The fraction of sp³-hybridized carbons (Fsp3) is 0.500. The van der Waals surface area contributed by atoms with E-state index in [-0.39, 0.29) is 3.91 Å². The van der Waals surface area contributed by atoms with Crippen LogP contribution in [0.5, 0.6) is 0 Å². The second-order valence-corrected chi connectivity index (χ2v) is 9.63. The summed E-state index contributed by atoms with van der Waals surface area (Å²) in [7, 11) is 0.875. The van der Waals surface area contributed by atoms with Crippen molar-refractivity contribution in [3.05, 3.63) is 30.3 Å². The van der Waals surface area contributed by atoms with Gasteiger partial charge in [-0.1, -0.05) is 18.2 Å². The van der Waals surface area contributed by atoms with Gasteiger partial charge in [-0.05, 0) is 26.2 Å². The van der Waals surface area contributed by atoms with Crippen LogP contribution in [0, 0.1) is 0 Å². The van der Waals surface area contributed by atoms with Gasteiger partial charge in [0.15, 0.2) is 13.8 Å². The zero-order valence-corrected chi connectivity index (χ0v) is 12.9. The minimum absolute atomic E-state index is 0.365. The van der Waals surface area contributed by atoms with Gasteiger partial charge in [-0.2, -0.15) is 0 Å². The molecule has 1 aliphatic heterocycles. The minimum Gasteiger partial charge on any atom is -0.305 e. The Morgan fingerprint density at radius 3 is 2.17 bits per heavy atom. The van der Waals surface area contributed by atoms with E-state index >= 15 is 0 Å². The molecule has 0 unspecified atom stereocenters. The number of rotatable bonds is 3. The Labute approximate surface area is 117 Å². The van der Waals surface area contributed by atoms with Crippen LogP contribution in [0.1, 0.15) is 0 Å². The van der Waals surface area contributed by atoms with Gasteiger partial charge in [-0.3, -0.25) is 0 Å². The first kappa shape index (κ1) is 14.2. The zero-order chi connectivity index (χ0) is 13.2. The highest BCUT2D eigenvalue weighted by Crippen LogP contribution is 2.38. The number of thioether (sulfide) groups is 2. The normalized spacial score (nSPS) is 25.3.